The Bertz CT molecular complexity index is 2960. The molecule has 1 aromatic heterocycles. The van der Waals surface area contributed by atoms with Crippen molar-refractivity contribution in [3.8, 4) is 55.6 Å². The van der Waals surface area contributed by atoms with Gasteiger partial charge in [0.15, 0.2) is 0 Å². The van der Waals surface area contributed by atoms with Crippen LogP contribution in [0, 0.1) is 0 Å². The Morgan fingerprint density at radius 1 is 0.286 bits per heavy atom. The minimum Gasteiger partial charge on any atom is -0.455 e. The number of anilines is 3. The lowest BCUT2D eigenvalue weighted by atomic mass is 9.86. The molecule has 0 N–H and O–H groups in total. The highest BCUT2D eigenvalue weighted by molar-refractivity contribution is 6.09. The van der Waals surface area contributed by atoms with Crippen LogP contribution < -0.4 is 4.90 Å². The molecular weight excluding hydrogens is 679 g/mol. The van der Waals surface area contributed by atoms with Crippen molar-refractivity contribution in [3.05, 3.63) is 224 Å². The molecule has 0 unspecified atom stereocenters. The molecule has 2 heteroatoms. The standard InChI is InChI=1S/C54H37NO/c1-4-18-38(19-5-1)40-34-35-47(46-27-11-10-26-44(46)39-20-6-2-7-21-39)51(37-40)48-28-12-14-32-52(48)55(42-23-8-3-9-24-42)43-25-16-22-41(36-43)45-30-17-31-50-49-29-13-15-33-53(49)56-54(45)50/h1-37H. The molecule has 0 saturated heterocycles. The normalized spacial score (nSPS) is 11.2. The van der Waals surface area contributed by atoms with Crippen LogP contribution in [0.15, 0.2) is 229 Å². The van der Waals surface area contributed by atoms with E-state index < -0.39 is 0 Å². The van der Waals surface area contributed by atoms with E-state index in [1.807, 2.05) is 12.1 Å². The predicted molar refractivity (Wildman–Crippen MR) is 236 cm³/mol. The summed E-state index contributed by atoms with van der Waals surface area (Å²) in [6.07, 6.45) is 0. The summed E-state index contributed by atoms with van der Waals surface area (Å²) in [5, 5.41) is 2.25. The first-order valence-corrected chi connectivity index (χ1v) is 19.1. The maximum absolute atomic E-state index is 6.52. The van der Waals surface area contributed by atoms with Gasteiger partial charge in [0, 0.05) is 33.3 Å². The van der Waals surface area contributed by atoms with Crippen molar-refractivity contribution in [2.24, 2.45) is 0 Å². The molecule has 0 amide bonds. The maximum atomic E-state index is 6.52. The van der Waals surface area contributed by atoms with E-state index in [0.29, 0.717) is 0 Å². The van der Waals surface area contributed by atoms with Gasteiger partial charge < -0.3 is 9.32 Å². The van der Waals surface area contributed by atoms with Crippen molar-refractivity contribution in [2.75, 3.05) is 4.90 Å². The van der Waals surface area contributed by atoms with Gasteiger partial charge in [-0.15, -0.1) is 0 Å². The summed E-state index contributed by atoms with van der Waals surface area (Å²) in [7, 11) is 0. The van der Waals surface area contributed by atoms with E-state index in [-0.39, 0.29) is 0 Å². The number of benzene rings is 9. The zero-order valence-electron chi connectivity index (χ0n) is 30.7. The molecule has 0 aliphatic rings. The van der Waals surface area contributed by atoms with Crippen LogP contribution in [-0.4, -0.2) is 0 Å². The Kier molecular flexibility index (Phi) is 8.55. The predicted octanol–water partition coefficient (Wildman–Crippen LogP) is 15.4. The fourth-order valence-electron chi connectivity index (χ4n) is 8.09. The van der Waals surface area contributed by atoms with Crippen LogP contribution in [0.5, 0.6) is 0 Å². The Morgan fingerprint density at radius 3 is 1.64 bits per heavy atom. The van der Waals surface area contributed by atoms with E-state index in [9.17, 15) is 0 Å². The average molecular weight is 716 g/mol. The van der Waals surface area contributed by atoms with Crippen LogP contribution in [0.4, 0.5) is 17.1 Å². The molecule has 0 atom stereocenters. The quantitative estimate of drug-likeness (QED) is 0.156. The molecule has 10 rings (SSSR count). The van der Waals surface area contributed by atoms with Gasteiger partial charge in [-0.3, -0.25) is 0 Å². The lowest BCUT2D eigenvalue weighted by Crippen LogP contribution is -2.11. The van der Waals surface area contributed by atoms with E-state index in [0.717, 1.165) is 61.3 Å². The zero-order chi connectivity index (χ0) is 37.3. The van der Waals surface area contributed by atoms with Crippen molar-refractivity contribution in [1.82, 2.24) is 0 Å². The molecule has 0 spiro atoms. The number of rotatable bonds is 8. The van der Waals surface area contributed by atoms with Crippen LogP contribution in [-0.2, 0) is 0 Å². The third-order valence-corrected chi connectivity index (χ3v) is 10.7. The fraction of sp³-hybridized carbons (Fsp3) is 0. The third-order valence-electron chi connectivity index (χ3n) is 10.7. The summed E-state index contributed by atoms with van der Waals surface area (Å²) >= 11 is 0. The lowest BCUT2D eigenvalue weighted by molar-refractivity contribution is 0.670. The second kappa shape index (κ2) is 14.4. The van der Waals surface area contributed by atoms with E-state index in [4.69, 9.17) is 4.42 Å². The molecule has 9 aromatic carbocycles. The second-order valence-electron chi connectivity index (χ2n) is 14.1. The van der Waals surface area contributed by atoms with E-state index in [1.165, 1.54) is 33.4 Å². The largest absolute Gasteiger partial charge is 0.455 e. The molecule has 264 valence electrons. The van der Waals surface area contributed by atoms with Crippen LogP contribution in [0.25, 0.3) is 77.6 Å². The Labute approximate surface area is 327 Å². The minimum atomic E-state index is 0.897. The molecule has 0 aliphatic carbocycles. The monoisotopic (exact) mass is 715 g/mol. The van der Waals surface area contributed by atoms with Crippen LogP contribution in [0.1, 0.15) is 0 Å². The van der Waals surface area contributed by atoms with Gasteiger partial charge >= 0.3 is 0 Å². The highest BCUT2D eigenvalue weighted by Crippen LogP contribution is 2.47. The lowest BCUT2D eigenvalue weighted by Gasteiger charge is -2.29. The summed E-state index contributed by atoms with van der Waals surface area (Å²) in [6, 6.07) is 80.1. The van der Waals surface area contributed by atoms with Gasteiger partial charge in [-0.2, -0.15) is 0 Å². The zero-order valence-corrected chi connectivity index (χ0v) is 30.7. The molecular formula is C54H37NO. The molecule has 1 heterocycles. The molecule has 0 aliphatic heterocycles. The first kappa shape index (κ1) is 33.2. The Hall–Kier alpha value is -7.42. The van der Waals surface area contributed by atoms with E-state index in [2.05, 4.69) is 217 Å². The first-order valence-electron chi connectivity index (χ1n) is 19.1. The fourth-order valence-corrected chi connectivity index (χ4v) is 8.09. The summed E-state index contributed by atoms with van der Waals surface area (Å²) in [6.45, 7) is 0. The smallest absolute Gasteiger partial charge is 0.143 e. The highest BCUT2D eigenvalue weighted by atomic mass is 16.3. The summed E-state index contributed by atoms with van der Waals surface area (Å²) in [4.78, 5) is 2.39. The molecule has 2 nitrogen and oxygen atoms in total. The van der Waals surface area contributed by atoms with E-state index >= 15 is 0 Å². The van der Waals surface area contributed by atoms with Crippen LogP contribution >= 0.6 is 0 Å². The molecule has 0 radical (unpaired) electrons. The second-order valence-corrected chi connectivity index (χ2v) is 14.1. The van der Waals surface area contributed by atoms with Crippen LogP contribution in [0.3, 0.4) is 0 Å². The maximum Gasteiger partial charge on any atom is 0.143 e. The van der Waals surface area contributed by atoms with Gasteiger partial charge in [-0.1, -0.05) is 182 Å². The van der Waals surface area contributed by atoms with Crippen molar-refractivity contribution in [1.29, 1.82) is 0 Å². The average Bonchev–Trinajstić information content (AvgIpc) is 3.67. The number of fused-ring (bicyclic) bond motifs is 3. The molecule has 56 heavy (non-hydrogen) atoms. The van der Waals surface area contributed by atoms with Gasteiger partial charge in [0.2, 0.25) is 0 Å². The summed E-state index contributed by atoms with van der Waals surface area (Å²) in [5.74, 6) is 0. The van der Waals surface area contributed by atoms with Gasteiger partial charge in [0.05, 0.1) is 5.69 Å². The third kappa shape index (κ3) is 6.04. The van der Waals surface area contributed by atoms with E-state index in [1.54, 1.807) is 0 Å². The summed E-state index contributed by atoms with van der Waals surface area (Å²) < 4.78 is 6.52. The number of para-hydroxylation sites is 4. The van der Waals surface area contributed by atoms with Crippen LogP contribution in [0.2, 0.25) is 0 Å². The van der Waals surface area contributed by atoms with Gasteiger partial charge in [0.25, 0.3) is 0 Å². The molecule has 10 aromatic rings. The van der Waals surface area contributed by atoms with Crippen molar-refractivity contribution >= 4 is 39.0 Å². The minimum absolute atomic E-state index is 0.897. The topological polar surface area (TPSA) is 16.4 Å². The van der Waals surface area contributed by atoms with Gasteiger partial charge in [-0.25, -0.2) is 0 Å². The molecule has 0 fully saturated rings. The number of hydrogen-bond donors (Lipinski definition) is 0. The van der Waals surface area contributed by atoms with Crippen molar-refractivity contribution in [2.45, 2.75) is 0 Å². The Balaban J connectivity index is 1.19. The molecule has 0 saturated carbocycles. The number of hydrogen-bond acceptors (Lipinski definition) is 2. The Morgan fingerprint density at radius 2 is 0.839 bits per heavy atom. The van der Waals surface area contributed by atoms with Crippen molar-refractivity contribution < 1.29 is 4.42 Å². The molecule has 0 bridgehead atoms. The summed E-state index contributed by atoms with van der Waals surface area (Å²) in [5.41, 5.74) is 16.6. The number of nitrogens with zero attached hydrogens (tertiary/aromatic N) is 1. The van der Waals surface area contributed by atoms with Crippen molar-refractivity contribution in [3.63, 3.8) is 0 Å². The van der Waals surface area contributed by atoms with Gasteiger partial charge in [-0.05, 0) is 87.0 Å². The SMILES string of the molecule is c1ccc(-c2ccc(-c3ccccc3-c3ccccc3)c(-c3ccccc3N(c3ccccc3)c3cccc(-c4cccc5c4oc4ccccc45)c3)c2)cc1. The number of furan rings is 1. The first-order chi connectivity index (χ1) is 27.8. The van der Waals surface area contributed by atoms with Gasteiger partial charge in [0.1, 0.15) is 11.2 Å². The highest BCUT2D eigenvalue weighted by Gasteiger charge is 2.22.